The van der Waals surface area contributed by atoms with Crippen molar-refractivity contribution in [2.75, 3.05) is 19.6 Å². The summed E-state index contributed by atoms with van der Waals surface area (Å²) >= 11 is 0. The van der Waals surface area contributed by atoms with Crippen molar-refractivity contribution in [1.29, 1.82) is 0 Å². The maximum absolute atomic E-state index is 2.59. The summed E-state index contributed by atoms with van der Waals surface area (Å²) < 4.78 is 0. The fraction of sp³-hybridized carbons (Fsp3) is 0.364. The molecule has 0 saturated carbocycles. The average molecular weight is 303 g/mol. The lowest BCUT2D eigenvalue weighted by Crippen LogP contribution is -2.34. The van der Waals surface area contributed by atoms with E-state index < -0.39 is 0 Å². The van der Waals surface area contributed by atoms with E-state index in [2.05, 4.69) is 68.1 Å². The van der Waals surface area contributed by atoms with Crippen molar-refractivity contribution in [3.63, 3.8) is 0 Å². The van der Waals surface area contributed by atoms with Gasteiger partial charge in [0, 0.05) is 19.0 Å². The second-order valence-corrected chi connectivity index (χ2v) is 7.06. The average Bonchev–Trinajstić information content (AvgIpc) is 2.87. The lowest BCUT2D eigenvalue weighted by Gasteiger charge is -2.32. The van der Waals surface area contributed by atoms with Crippen LogP contribution in [0.2, 0.25) is 0 Å². The molecule has 0 N–H and O–H groups in total. The lowest BCUT2D eigenvalue weighted by atomic mass is 9.88. The van der Waals surface area contributed by atoms with Crippen molar-refractivity contribution in [1.82, 2.24) is 4.90 Å². The molecule has 2 aromatic carbocycles. The van der Waals surface area contributed by atoms with Crippen molar-refractivity contribution in [2.45, 2.75) is 33.1 Å². The molecule has 1 nitrogen and oxygen atoms in total. The molecular formula is C22H25N. The van der Waals surface area contributed by atoms with Gasteiger partial charge in [-0.2, -0.15) is 0 Å². The Bertz CT molecular complexity index is 784. The van der Waals surface area contributed by atoms with Crippen LogP contribution < -0.4 is 0 Å². The van der Waals surface area contributed by atoms with Crippen molar-refractivity contribution in [3.8, 4) is 0 Å². The van der Waals surface area contributed by atoms with Gasteiger partial charge in [0.15, 0.2) is 0 Å². The Morgan fingerprint density at radius 3 is 2.65 bits per heavy atom. The SMILES string of the molecule is CCN1CCC2=C(c3cccc(C)c3)c3cc(C)ccc3C2C1. The molecule has 1 fully saturated rings. The second-order valence-electron chi connectivity index (χ2n) is 7.06. The number of piperidine rings is 1. The third-order valence-electron chi connectivity index (χ3n) is 5.49. The Kier molecular flexibility index (Phi) is 3.61. The summed E-state index contributed by atoms with van der Waals surface area (Å²) in [6.45, 7) is 10.2. The fourth-order valence-electron chi connectivity index (χ4n) is 4.29. The summed E-state index contributed by atoms with van der Waals surface area (Å²) in [7, 11) is 0. The van der Waals surface area contributed by atoms with Crippen LogP contribution in [0.1, 0.15) is 47.1 Å². The van der Waals surface area contributed by atoms with Gasteiger partial charge in [0.05, 0.1) is 0 Å². The molecule has 2 aromatic rings. The highest BCUT2D eigenvalue weighted by molar-refractivity contribution is 5.89. The highest BCUT2D eigenvalue weighted by Gasteiger charge is 2.35. The molecule has 1 aliphatic heterocycles. The number of hydrogen-bond acceptors (Lipinski definition) is 1. The first-order valence-corrected chi connectivity index (χ1v) is 8.80. The predicted molar refractivity (Wildman–Crippen MR) is 97.9 cm³/mol. The molecule has 118 valence electrons. The van der Waals surface area contributed by atoms with Crippen molar-refractivity contribution in [3.05, 3.63) is 75.9 Å². The van der Waals surface area contributed by atoms with E-state index >= 15 is 0 Å². The Hall–Kier alpha value is -1.86. The molecule has 1 unspecified atom stereocenters. The van der Waals surface area contributed by atoms with Gasteiger partial charge in [-0.1, -0.05) is 66.1 Å². The van der Waals surface area contributed by atoms with Crippen LogP contribution in [-0.4, -0.2) is 24.5 Å². The molecule has 0 aromatic heterocycles. The fourth-order valence-corrected chi connectivity index (χ4v) is 4.29. The molecule has 1 heterocycles. The van der Waals surface area contributed by atoms with Crippen LogP contribution in [-0.2, 0) is 0 Å². The third-order valence-corrected chi connectivity index (χ3v) is 5.49. The Morgan fingerprint density at radius 2 is 1.87 bits per heavy atom. The minimum atomic E-state index is 0.592. The zero-order chi connectivity index (χ0) is 16.0. The number of benzene rings is 2. The summed E-state index contributed by atoms with van der Waals surface area (Å²) in [5.74, 6) is 0.592. The van der Waals surface area contributed by atoms with E-state index in [1.54, 1.807) is 11.1 Å². The van der Waals surface area contributed by atoms with Crippen LogP contribution in [0.3, 0.4) is 0 Å². The van der Waals surface area contributed by atoms with E-state index in [1.807, 2.05) is 0 Å². The van der Waals surface area contributed by atoms with Crippen LogP contribution >= 0.6 is 0 Å². The molecular weight excluding hydrogens is 278 g/mol. The predicted octanol–water partition coefficient (Wildman–Crippen LogP) is 4.93. The smallest absolute Gasteiger partial charge is 0.0192 e. The normalized spacial score (nSPS) is 20.6. The first-order chi connectivity index (χ1) is 11.2. The van der Waals surface area contributed by atoms with Crippen molar-refractivity contribution >= 4 is 5.57 Å². The van der Waals surface area contributed by atoms with Gasteiger partial charge in [0.25, 0.3) is 0 Å². The van der Waals surface area contributed by atoms with E-state index in [-0.39, 0.29) is 0 Å². The quantitative estimate of drug-likeness (QED) is 0.760. The maximum atomic E-state index is 2.59. The number of likely N-dealkylation sites (tertiary alicyclic amines) is 1. The number of hydrogen-bond donors (Lipinski definition) is 0. The highest BCUT2D eigenvalue weighted by atomic mass is 15.1. The van der Waals surface area contributed by atoms with Crippen molar-refractivity contribution in [2.24, 2.45) is 0 Å². The molecule has 23 heavy (non-hydrogen) atoms. The monoisotopic (exact) mass is 303 g/mol. The van der Waals surface area contributed by atoms with E-state index in [9.17, 15) is 0 Å². The molecule has 1 heteroatoms. The zero-order valence-electron chi connectivity index (χ0n) is 14.4. The molecule has 1 aliphatic carbocycles. The maximum Gasteiger partial charge on any atom is 0.0192 e. The summed E-state index contributed by atoms with van der Waals surface area (Å²) in [5.41, 5.74) is 10.3. The van der Waals surface area contributed by atoms with E-state index in [4.69, 9.17) is 0 Å². The molecule has 1 saturated heterocycles. The van der Waals surface area contributed by atoms with Gasteiger partial charge >= 0.3 is 0 Å². The zero-order valence-corrected chi connectivity index (χ0v) is 14.4. The van der Waals surface area contributed by atoms with Crippen LogP contribution in [0.5, 0.6) is 0 Å². The first-order valence-electron chi connectivity index (χ1n) is 8.80. The van der Waals surface area contributed by atoms with E-state index in [0.29, 0.717) is 5.92 Å². The van der Waals surface area contributed by atoms with E-state index in [0.717, 1.165) is 6.54 Å². The molecule has 0 bridgehead atoms. The number of nitrogens with zero attached hydrogens (tertiary/aromatic N) is 1. The molecule has 4 rings (SSSR count). The van der Waals surface area contributed by atoms with Crippen LogP contribution in [0, 0.1) is 13.8 Å². The topological polar surface area (TPSA) is 3.24 Å². The Balaban J connectivity index is 1.90. The Morgan fingerprint density at radius 1 is 1.04 bits per heavy atom. The number of rotatable bonds is 2. The largest absolute Gasteiger partial charge is 0.302 e. The summed E-state index contributed by atoms with van der Waals surface area (Å²) in [6.07, 6.45) is 1.20. The van der Waals surface area contributed by atoms with E-state index in [1.165, 1.54) is 47.3 Å². The summed E-state index contributed by atoms with van der Waals surface area (Å²) in [5, 5.41) is 0. The third kappa shape index (κ3) is 2.44. The van der Waals surface area contributed by atoms with Crippen LogP contribution in [0.4, 0.5) is 0 Å². The van der Waals surface area contributed by atoms with Gasteiger partial charge in [-0.15, -0.1) is 0 Å². The molecule has 0 spiro atoms. The van der Waals surface area contributed by atoms with Gasteiger partial charge in [-0.3, -0.25) is 0 Å². The minimum Gasteiger partial charge on any atom is -0.302 e. The van der Waals surface area contributed by atoms with Gasteiger partial charge in [-0.25, -0.2) is 0 Å². The highest BCUT2D eigenvalue weighted by Crippen LogP contribution is 2.48. The lowest BCUT2D eigenvalue weighted by molar-refractivity contribution is 0.254. The van der Waals surface area contributed by atoms with Gasteiger partial charge < -0.3 is 4.90 Å². The van der Waals surface area contributed by atoms with Crippen molar-refractivity contribution < 1.29 is 0 Å². The van der Waals surface area contributed by atoms with Gasteiger partial charge in [0.2, 0.25) is 0 Å². The first kappa shape index (κ1) is 14.7. The number of likely N-dealkylation sites (N-methyl/N-ethyl adjacent to an activating group) is 1. The minimum absolute atomic E-state index is 0.592. The van der Waals surface area contributed by atoms with Crippen LogP contribution in [0.25, 0.3) is 5.57 Å². The van der Waals surface area contributed by atoms with Crippen LogP contribution in [0.15, 0.2) is 48.0 Å². The van der Waals surface area contributed by atoms with Gasteiger partial charge in [-0.05, 0) is 49.1 Å². The number of fused-ring (bicyclic) bond motifs is 3. The molecule has 0 amide bonds. The molecule has 2 aliphatic rings. The number of aryl methyl sites for hydroxylation is 2. The Labute approximate surface area is 139 Å². The van der Waals surface area contributed by atoms with Gasteiger partial charge in [0.1, 0.15) is 0 Å². The second kappa shape index (κ2) is 5.65. The molecule has 0 radical (unpaired) electrons. The summed E-state index contributed by atoms with van der Waals surface area (Å²) in [4.78, 5) is 2.59. The summed E-state index contributed by atoms with van der Waals surface area (Å²) in [6, 6.07) is 16.1. The molecule has 1 atom stereocenters. The standard InChI is InChI=1S/C22H25N/c1-4-23-11-10-19-21(14-23)18-9-8-16(3)13-20(18)22(19)17-7-5-6-15(2)12-17/h5-9,12-13,21H,4,10-11,14H2,1-3H3.